The van der Waals surface area contributed by atoms with Gasteiger partial charge >= 0.3 is 0 Å². The van der Waals surface area contributed by atoms with E-state index in [2.05, 4.69) is 79.2 Å². The highest BCUT2D eigenvalue weighted by Crippen LogP contribution is 2.34. The molecule has 0 bridgehead atoms. The number of hydrogen-bond acceptors (Lipinski definition) is 8. The van der Waals surface area contributed by atoms with E-state index in [1.165, 1.54) is 16.0 Å². The third kappa shape index (κ3) is 5.39. The lowest BCUT2D eigenvalue weighted by atomic mass is 10.1. The van der Waals surface area contributed by atoms with Crippen molar-refractivity contribution in [3.8, 4) is 11.5 Å². The molecular weight excluding hydrogens is 496 g/mol. The molecule has 2 aromatic heterocycles. The Balaban J connectivity index is 0.00000267. The summed E-state index contributed by atoms with van der Waals surface area (Å²) in [7, 11) is 0. The minimum absolute atomic E-state index is 0. The molecule has 2 aliphatic heterocycles. The number of thiophene rings is 1. The first-order valence-corrected chi connectivity index (χ1v) is 12.9. The molecular formula is C26H28ClN6O2S-. The normalized spacial score (nSPS) is 16.6. The van der Waals surface area contributed by atoms with Crippen LogP contribution in [0, 0.1) is 0 Å². The summed E-state index contributed by atoms with van der Waals surface area (Å²) in [5.74, 6) is 2.61. The van der Waals surface area contributed by atoms with Gasteiger partial charge in [0.25, 0.3) is 0 Å². The molecule has 6 rings (SSSR count). The van der Waals surface area contributed by atoms with E-state index in [1.54, 1.807) is 11.3 Å². The monoisotopic (exact) mass is 523 g/mol. The minimum Gasteiger partial charge on any atom is -1.00 e. The molecule has 0 saturated carbocycles. The zero-order chi connectivity index (χ0) is 23.5. The predicted octanol–water partition coefficient (Wildman–Crippen LogP) is 0.617. The van der Waals surface area contributed by atoms with Crippen LogP contribution in [-0.4, -0.2) is 63.0 Å². The Bertz CT molecular complexity index is 1240. The summed E-state index contributed by atoms with van der Waals surface area (Å²) in [4.78, 5) is 6.30. The van der Waals surface area contributed by atoms with Crippen molar-refractivity contribution in [1.82, 2.24) is 30.0 Å². The van der Waals surface area contributed by atoms with Crippen LogP contribution in [0.5, 0.6) is 11.5 Å². The third-order valence-electron chi connectivity index (χ3n) is 6.69. The van der Waals surface area contributed by atoms with Gasteiger partial charge in [0, 0.05) is 44.1 Å². The van der Waals surface area contributed by atoms with E-state index in [0.717, 1.165) is 63.0 Å². The Morgan fingerprint density at radius 2 is 1.72 bits per heavy atom. The second kappa shape index (κ2) is 11.4. The Labute approximate surface area is 220 Å². The van der Waals surface area contributed by atoms with E-state index >= 15 is 0 Å². The highest BCUT2D eigenvalue weighted by molar-refractivity contribution is 7.10. The van der Waals surface area contributed by atoms with Crippen molar-refractivity contribution in [1.29, 1.82) is 0 Å². The number of rotatable bonds is 8. The van der Waals surface area contributed by atoms with Gasteiger partial charge in [0.2, 0.25) is 6.79 Å². The number of tetrazole rings is 1. The Morgan fingerprint density at radius 3 is 2.53 bits per heavy atom. The number of halogens is 1. The fraction of sp³-hybridized carbons (Fsp3) is 0.346. The van der Waals surface area contributed by atoms with Crippen molar-refractivity contribution < 1.29 is 21.9 Å². The van der Waals surface area contributed by atoms with E-state index in [9.17, 15) is 0 Å². The number of aromatic nitrogens is 4. The van der Waals surface area contributed by atoms with Crippen LogP contribution < -0.4 is 21.9 Å². The van der Waals surface area contributed by atoms with Gasteiger partial charge in [0.1, 0.15) is 6.04 Å². The van der Waals surface area contributed by atoms with Gasteiger partial charge in [-0.1, -0.05) is 42.5 Å². The quantitative estimate of drug-likeness (QED) is 0.335. The lowest BCUT2D eigenvalue weighted by Gasteiger charge is -2.38. The molecule has 188 valence electrons. The van der Waals surface area contributed by atoms with Gasteiger partial charge in [-0.25, -0.2) is 4.68 Å². The topological polar surface area (TPSA) is 68.5 Å². The van der Waals surface area contributed by atoms with Gasteiger partial charge in [-0.05, 0) is 51.6 Å². The smallest absolute Gasteiger partial charge is 0.231 e. The van der Waals surface area contributed by atoms with Gasteiger partial charge in [0.15, 0.2) is 17.3 Å². The number of ether oxygens (including phenoxy) is 2. The third-order valence-corrected chi connectivity index (χ3v) is 7.61. The molecule has 2 aromatic carbocycles. The van der Waals surface area contributed by atoms with Crippen molar-refractivity contribution >= 4 is 11.3 Å². The fourth-order valence-electron chi connectivity index (χ4n) is 4.84. The van der Waals surface area contributed by atoms with Gasteiger partial charge in [-0.3, -0.25) is 9.80 Å². The molecule has 2 aliphatic rings. The maximum absolute atomic E-state index is 5.55. The van der Waals surface area contributed by atoms with Crippen LogP contribution in [0.3, 0.4) is 0 Å². The molecule has 1 unspecified atom stereocenters. The lowest BCUT2D eigenvalue weighted by molar-refractivity contribution is -0.00000866. The zero-order valence-electron chi connectivity index (χ0n) is 19.9. The van der Waals surface area contributed by atoms with Crippen LogP contribution in [0.25, 0.3) is 0 Å². The fourth-order valence-corrected chi connectivity index (χ4v) is 5.70. The molecule has 4 aromatic rings. The van der Waals surface area contributed by atoms with Gasteiger partial charge in [-0.2, -0.15) is 0 Å². The maximum atomic E-state index is 5.55. The van der Waals surface area contributed by atoms with Crippen LogP contribution in [0.2, 0.25) is 0 Å². The molecule has 0 amide bonds. The molecule has 0 spiro atoms. The molecule has 0 N–H and O–H groups in total. The van der Waals surface area contributed by atoms with Crippen molar-refractivity contribution in [3.63, 3.8) is 0 Å². The van der Waals surface area contributed by atoms with Gasteiger partial charge in [-0.15, -0.1) is 16.4 Å². The number of aryl methyl sites for hydroxylation is 2. The number of piperazine rings is 1. The predicted molar refractivity (Wildman–Crippen MR) is 134 cm³/mol. The first kappa shape index (κ1) is 24.7. The summed E-state index contributed by atoms with van der Waals surface area (Å²) in [5, 5.41) is 15.1. The largest absolute Gasteiger partial charge is 1.00 e. The number of nitrogens with zero attached hydrogens (tertiary/aromatic N) is 6. The first-order valence-electron chi connectivity index (χ1n) is 12.0. The average Bonchev–Trinajstić information content (AvgIpc) is 3.67. The van der Waals surface area contributed by atoms with Crippen molar-refractivity contribution in [2.75, 3.05) is 33.0 Å². The van der Waals surface area contributed by atoms with E-state index in [1.807, 2.05) is 16.8 Å². The van der Waals surface area contributed by atoms with Crippen molar-refractivity contribution in [2.24, 2.45) is 0 Å². The zero-order valence-corrected chi connectivity index (χ0v) is 21.4. The Hall–Kier alpha value is -2.98. The molecule has 0 radical (unpaired) electrons. The molecule has 1 fully saturated rings. The van der Waals surface area contributed by atoms with Gasteiger partial charge < -0.3 is 21.9 Å². The van der Waals surface area contributed by atoms with Crippen LogP contribution in [0.1, 0.15) is 27.9 Å². The van der Waals surface area contributed by atoms with Gasteiger partial charge in [0.05, 0.1) is 0 Å². The average molecular weight is 524 g/mol. The number of hydrogen-bond donors (Lipinski definition) is 0. The highest BCUT2D eigenvalue weighted by atomic mass is 35.5. The molecule has 10 heteroatoms. The standard InChI is InChI=1S/C26H28N6O2S.ClH/c1-2-5-20(6-3-1)10-11-32-26(27-28-29-32)25(24-7-4-16-35-24)31-14-12-30(13-15-31)18-21-8-9-22-23(17-21)34-19-33-22;/h1-9,16-17,25H,10-15,18-19H2;1H/p-1. The second-order valence-electron chi connectivity index (χ2n) is 8.91. The highest BCUT2D eigenvalue weighted by Gasteiger charge is 2.31. The second-order valence-corrected chi connectivity index (χ2v) is 9.89. The van der Waals surface area contributed by atoms with E-state index < -0.39 is 0 Å². The van der Waals surface area contributed by atoms with Crippen molar-refractivity contribution in [2.45, 2.75) is 25.6 Å². The minimum atomic E-state index is 0. The number of fused-ring (bicyclic) bond motifs is 1. The lowest BCUT2D eigenvalue weighted by Crippen LogP contribution is -3.00. The Morgan fingerprint density at radius 1 is 0.889 bits per heavy atom. The van der Waals surface area contributed by atoms with Crippen LogP contribution >= 0.6 is 11.3 Å². The summed E-state index contributed by atoms with van der Waals surface area (Å²) in [6.07, 6.45) is 0.902. The Kier molecular flexibility index (Phi) is 7.81. The summed E-state index contributed by atoms with van der Waals surface area (Å²) in [6, 6.07) is 21.1. The summed E-state index contributed by atoms with van der Waals surface area (Å²) < 4.78 is 13.0. The van der Waals surface area contributed by atoms with Crippen LogP contribution in [0.4, 0.5) is 0 Å². The molecule has 0 aliphatic carbocycles. The maximum Gasteiger partial charge on any atom is 0.231 e. The molecule has 1 saturated heterocycles. The summed E-state index contributed by atoms with van der Waals surface area (Å²) >= 11 is 1.77. The number of benzene rings is 2. The first-order chi connectivity index (χ1) is 17.3. The van der Waals surface area contributed by atoms with Crippen LogP contribution in [-0.2, 0) is 19.5 Å². The summed E-state index contributed by atoms with van der Waals surface area (Å²) in [6.45, 7) is 5.87. The summed E-state index contributed by atoms with van der Waals surface area (Å²) in [5.41, 5.74) is 2.54. The molecule has 8 nitrogen and oxygen atoms in total. The molecule has 4 heterocycles. The van der Waals surface area contributed by atoms with Crippen LogP contribution in [0.15, 0.2) is 66.0 Å². The van der Waals surface area contributed by atoms with E-state index in [-0.39, 0.29) is 18.4 Å². The van der Waals surface area contributed by atoms with Crippen molar-refractivity contribution in [3.05, 3.63) is 87.9 Å². The molecule has 1 atom stereocenters. The van der Waals surface area contributed by atoms with E-state index in [4.69, 9.17) is 9.47 Å². The van der Waals surface area contributed by atoms with E-state index in [0.29, 0.717) is 6.79 Å². The molecule has 36 heavy (non-hydrogen) atoms. The SMILES string of the molecule is [Cl-].c1ccc(CCn2nnnc2C(c2cccs2)N2CCN(Cc3ccc4c(c3)OCO4)CC2)cc1.